The molecule has 0 aliphatic rings. The van der Waals surface area contributed by atoms with Crippen molar-refractivity contribution < 1.29 is 47.0 Å². The Morgan fingerprint density at radius 1 is 1.04 bits per heavy atom. The van der Waals surface area contributed by atoms with Crippen LogP contribution < -0.4 is 33.2 Å². The van der Waals surface area contributed by atoms with E-state index < -0.39 is 72.1 Å². The molecule has 19 heteroatoms. The predicted molar refractivity (Wildman–Crippen MR) is 154 cm³/mol. The molecule has 1 rings (SSSR count). The summed E-state index contributed by atoms with van der Waals surface area (Å²) in [5.41, 5.74) is 16.6. The topological polar surface area (TPSA) is 289 Å². The van der Waals surface area contributed by atoms with E-state index in [0.29, 0.717) is 11.1 Å². The normalized spacial score (nSPS) is 13.4. The Balaban J connectivity index is 3.54. The van der Waals surface area contributed by atoms with Crippen LogP contribution >= 0.6 is 0 Å². The van der Waals surface area contributed by atoms with Crippen molar-refractivity contribution in [1.82, 2.24) is 16.0 Å². The van der Waals surface area contributed by atoms with Gasteiger partial charge in [0.25, 0.3) is 0 Å². The number of hydrogen-bond acceptors (Lipinski definition) is 9. The third-order valence-electron chi connectivity index (χ3n) is 5.76. The molecule has 0 saturated carbocycles. The van der Waals surface area contributed by atoms with Crippen molar-refractivity contribution in [1.29, 1.82) is 10.8 Å². The number of guanidine groups is 1. The van der Waals surface area contributed by atoms with Crippen molar-refractivity contribution >= 4 is 47.4 Å². The van der Waals surface area contributed by atoms with Crippen LogP contribution in [0.15, 0.2) is 41.9 Å². The molecule has 0 heterocycles. The first kappa shape index (κ1) is 37.5. The standard InChI is InChI=1S/C26H34F3N9O7/c1-2-9-35-21(42)15(11-13-5-7-14(8-6-13)19(30)31)22(43)37-17(12-18(39)40)23(45-24(44)26(27,28)29)38-16(20(32)41)4-3-10-36-25(33)34/h2,5-8,15-17H,1,3-4,9-12H2,(H3,30,31)(H2,32,41)(H,35,42)(H,37,43)(H,39,40)(H4,33,34,36)/t15?,16-,17-/m0/s1. The maximum atomic E-state index is 13.4. The van der Waals surface area contributed by atoms with Gasteiger partial charge >= 0.3 is 18.1 Å². The SMILES string of the molecule is C=CCNC(=O)C(Cc1ccc(C(=N)N)cc1)C(=O)N[C@@H](CC(=O)O)C(=N[C@@H](CCCNC(=N)N)C(N)=O)OC(=O)C(F)(F)F. The van der Waals surface area contributed by atoms with Crippen LogP contribution in [-0.2, 0) is 35.1 Å². The van der Waals surface area contributed by atoms with E-state index in [4.69, 9.17) is 28.0 Å². The average Bonchev–Trinajstić information content (AvgIpc) is 2.94. The maximum absolute atomic E-state index is 13.4. The van der Waals surface area contributed by atoms with Crippen LogP contribution in [0, 0.1) is 16.7 Å². The minimum atomic E-state index is -5.59. The number of hydrogen-bond donors (Lipinski definition) is 9. The molecular weight excluding hydrogens is 607 g/mol. The van der Waals surface area contributed by atoms with Crippen LogP contribution in [0.2, 0.25) is 0 Å². The highest BCUT2D eigenvalue weighted by Crippen LogP contribution is 2.19. The van der Waals surface area contributed by atoms with Gasteiger partial charge in [0, 0.05) is 18.7 Å². The van der Waals surface area contributed by atoms with Gasteiger partial charge < -0.3 is 43.0 Å². The summed E-state index contributed by atoms with van der Waals surface area (Å²) in [6.07, 6.45) is -6.04. The molecule has 0 bridgehead atoms. The first-order valence-corrected chi connectivity index (χ1v) is 13.0. The van der Waals surface area contributed by atoms with Gasteiger partial charge in [-0.15, -0.1) is 6.58 Å². The second-order valence-electron chi connectivity index (χ2n) is 9.32. The number of rotatable bonds is 17. The molecule has 246 valence electrons. The van der Waals surface area contributed by atoms with E-state index in [1.54, 1.807) is 0 Å². The van der Waals surface area contributed by atoms with Gasteiger partial charge in [-0.3, -0.25) is 30.0 Å². The zero-order valence-corrected chi connectivity index (χ0v) is 23.8. The molecule has 0 aliphatic carbocycles. The lowest BCUT2D eigenvalue weighted by Gasteiger charge is -2.23. The number of primary amides is 1. The Hall–Kier alpha value is -5.49. The lowest BCUT2D eigenvalue weighted by Crippen LogP contribution is -2.51. The highest BCUT2D eigenvalue weighted by atomic mass is 19.4. The van der Waals surface area contributed by atoms with Crippen LogP contribution in [0.25, 0.3) is 0 Å². The molecule has 0 radical (unpaired) electrons. The van der Waals surface area contributed by atoms with E-state index in [1.807, 2.05) is 0 Å². The third-order valence-corrected chi connectivity index (χ3v) is 5.76. The molecule has 1 aromatic rings. The fraction of sp³-hybridized carbons (Fsp3) is 0.385. The van der Waals surface area contributed by atoms with E-state index in [0.717, 1.165) is 0 Å². The number of ether oxygens (including phenoxy) is 1. The summed E-state index contributed by atoms with van der Waals surface area (Å²) >= 11 is 0. The Morgan fingerprint density at radius 3 is 2.16 bits per heavy atom. The second-order valence-corrected chi connectivity index (χ2v) is 9.32. The van der Waals surface area contributed by atoms with Crippen molar-refractivity contribution in [3.63, 3.8) is 0 Å². The fourth-order valence-corrected chi connectivity index (χ4v) is 3.59. The van der Waals surface area contributed by atoms with Crippen molar-refractivity contribution in [2.45, 2.75) is 43.9 Å². The Kier molecular flexibility index (Phi) is 14.7. The largest absolute Gasteiger partial charge is 0.491 e. The molecule has 1 aromatic carbocycles. The summed E-state index contributed by atoms with van der Waals surface area (Å²) in [5.74, 6) is -11.4. The van der Waals surface area contributed by atoms with Gasteiger partial charge in [0.15, 0.2) is 5.96 Å². The highest BCUT2D eigenvalue weighted by Gasteiger charge is 2.44. The second kappa shape index (κ2) is 17.6. The van der Waals surface area contributed by atoms with Crippen LogP contribution in [-0.4, -0.2) is 83.8 Å². The van der Waals surface area contributed by atoms with Crippen LogP contribution in [0.5, 0.6) is 0 Å². The van der Waals surface area contributed by atoms with Gasteiger partial charge in [-0.25, -0.2) is 9.79 Å². The summed E-state index contributed by atoms with van der Waals surface area (Å²) in [5, 5.41) is 31.0. The molecule has 16 nitrogen and oxygen atoms in total. The summed E-state index contributed by atoms with van der Waals surface area (Å²) in [6.45, 7) is 3.37. The minimum absolute atomic E-state index is 0.0104. The maximum Gasteiger partial charge on any atom is 0.491 e. The number of carbonyl (C=O) groups excluding carboxylic acids is 4. The minimum Gasteiger partial charge on any atom is -0.481 e. The summed E-state index contributed by atoms with van der Waals surface area (Å²) < 4.78 is 43.8. The number of aliphatic imine (C=N–C) groups is 1. The lowest BCUT2D eigenvalue weighted by molar-refractivity contribution is -0.191. The van der Waals surface area contributed by atoms with Gasteiger partial charge in [0.2, 0.25) is 23.6 Å². The van der Waals surface area contributed by atoms with Gasteiger partial charge in [-0.05, 0) is 24.8 Å². The molecule has 1 unspecified atom stereocenters. The number of aliphatic carboxylic acids is 1. The third kappa shape index (κ3) is 13.6. The number of nitrogen functional groups attached to an aromatic ring is 1. The summed E-state index contributed by atoms with van der Waals surface area (Å²) in [7, 11) is 0. The number of halogens is 3. The Labute approximate surface area is 254 Å². The number of nitrogens with zero attached hydrogens (tertiary/aromatic N) is 1. The predicted octanol–water partition coefficient (Wildman–Crippen LogP) is -0.988. The van der Waals surface area contributed by atoms with Crippen molar-refractivity contribution in [2.24, 2.45) is 28.1 Å². The number of esters is 1. The van der Waals surface area contributed by atoms with E-state index in [-0.39, 0.29) is 38.2 Å². The number of nitrogens with two attached hydrogens (primary N) is 3. The van der Waals surface area contributed by atoms with Crippen molar-refractivity contribution in [2.75, 3.05) is 13.1 Å². The molecule has 3 amide bonds. The zero-order chi connectivity index (χ0) is 34.3. The number of alkyl halides is 3. The van der Waals surface area contributed by atoms with Crippen molar-refractivity contribution in [3.05, 3.63) is 48.0 Å². The van der Waals surface area contributed by atoms with Gasteiger partial charge in [0.1, 0.15) is 23.8 Å². The van der Waals surface area contributed by atoms with Gasteiger partial charge in [-0.1, -0.05) is 30.3 Å². The molecule has 0 aromatic heterocycles. The number of amides is 3. The van der Waals surface area contributed by atoms with Crippen LogP contribution in [0.4, 0.5) is 13.2 Å². The molecule has 0 fully saturated rings. The molecule has 0 saturated heterocycles. The number of nitrogens with one attached hydrogen (secondary N) is 5. The average molecular weight is 642 g/mol. The number of carboxylic acid groups (broad SMARTS) is 1. The number of amidine groups is 1. The smallest absolute Gasteiger partial charge is 0.481 e. The van der Waals surface area contributed by atoms with E-state index in [1.165, 1.54) is 30.3 Å². The quantitative estimate of drug-likeness (QED) is 0.0250. The fourth-order valence-electron chi connectivity index (χ4n) is 3.59. The zero-order valence-electron chi connectivity index (χ0n) is 23.8. The Bertz CT molecular complexity index is 1320. The molecule has 45 heavy (non-hydrogen) atoms. The number of benzene rings is 1. The van der Waals surface area contributed by atoms with E-state index in [9.17, 15) is 42.3 Å². The monoisotopic (exact) mass is 641 g/mol. The lowest BCUT2D eigenvalue weighted by atomic mass is 9.96. The van der Waals surface area contributed by atoms with Crippen molar-refractivity contribution in [3.8, 4) is 0 Å². The molecule has 12 N–H and O–H groups in total. The first-order chi connectivity index (χ1) is 21.0. The first-order valence-electron chi connectivity index (χ1n) is 13.0. The summed E-state index contributed by atoms with van der Waals surface area (Å²) in [4.78, 5) is 65.5. The van der Waals surface area contributed by atoms with Crippen LogP contribution in [0.3, 0.4) is 0 Å². The molecule has 3 atom stereocenters. The molecular formula is C26H34F3N9O7. The molecule has 0 aliphatic heterocycles. The molecule has 0 spiro atoms. The summed E-state index contributed by atoms with van der Waals surface area (Å²) in [6, 6.07) is 2.05. The van der Waals surface area contributed by atoms with Gasteiger partial charge in [-0.2, -0.15) is 13.2 Å². The van der Waals surface area contributed by atoms with E-state index in [2.05, 4.69) is 32.3 Å². The number of carboxylic acids is 1. The highest BCUT2D eigenvalue weighted by molar-refractivity contribution is 6.04. The number of carbonyl (C=O) groups is 5. The van der Waals surface area contributed by atoms with Gasteiger partial charge in [0.05, 0.1) is 6.42 Å². The Morgan fingerprint density at radius 2 is 1.67 bits per heavy atom. The van der Waals surface area contributed by atoms with E-state index >= 15 is 0 Å². The van der Waals surface area contributed by atoms with Crippen LogP contribution in [0.1, 0.15) is 30.4 Å².